The summed E-state index contributed by atoms with van der Waals surface area (Å²) in [6.45, 7) is 3.77. The van der Waals surface area contributed by atoms with Crippen LogP contribution in [0.2, 0.25) is 0 Å². The summed E-state index contributed by atoms with van der Waals surface area (Å²) in [6, 6.07) is 3.78. The molecule has 0 spiro atoms. The molecule has 18 heavy (non-hydrogen) atoms. The van der Waals surface area contributed by atoms with Crippen LogP contribution in [-0.2, 0) is 10.0 Å². The minimum absolute atomic E-state index is 0.0961. The van der Waals surface area contributed by atoms with Crippen LogP contribution in [0.25, 0.3) is 0 Å². The first-order chi connectivity index (χ1) is 8.49. The molecule has 0 saturated heterocycles. The summed E-state index contributed by atoms with van der Waals surface area (Å²) >= 11 is 1.53. The number of rotatable bonds is 7. The molecule has 1 rings (SSSR count). The van der Waals surface area contributed by atoms with E-state index >= 15 is 0 Å². The van der Waals surface area contributed by atoms with Crippen molar-refractivity contribution >= 4 is 27.5 Å². The quantitative estimate of drug-likeness (QED) is 0.454. The van der Waals surface area contributed by atoms with E-state index in [0.29, 0.717) is 5.75 Å². The molecule has 3 N–H and O–H groups in total. The molecule has 0 aliphatic carbocycles. The zero-order valence-corrected chi connectivity index (χ0v) is 11.4. The molecule has 0 amide bonds. The van der Waals surface area contributed by atoms with Crippen molar-refractivity contribution in [2.45, 2.75) is 4.90 Å². The lowest BCUT2D eigenvalue weighted by molar-refractivity contribution is 0.560. The van der Waals surface area contributed by atoms with E-state index in [1.54, 1.807) is 6.08 Å². The number of anilines is 1. The van der Waals surface area contributed by atoms with Gasteiger partial charge in [-0.05, 0) is 12.1 Å². The van der Waals surface area contributed by atoms with Crippen LogP contribution >= 0.6 is 11.8 Å². The van der Waals surface area contributed by atoms with E-state index in [0.717, 1.165) is 11.8 Å². The molecular weight excluding hydrogens is 275 g/mol. The smallest absolute Gasteiger partial charge is 0.245 e. The second-order valence-electron chi connectivity index (χ2n) is 3.42. The second kappa shape index (κ2) is 6.77. The van der Waals surface area contributed by atoms with E-state index in [-0.39, 0.29) is 12.2 Å². The predicted molar refractivity (Wildman–Crippen MR) is 73.5 cm³/mol. The Morgan fingerprint density at radius 2 is 2.22 bits per heavy atom. The number of halogens is 1. The minimum Gasteiger partial charge on any atom is -0.398 e. The molecule has 0 aliphatic rings. The van der Waals surface area contributed by atoms with E-state index in [1.165, 1.54) is 23.9 Å². The highest BCUT2D eigenvalue weighted by Crippen LogP contribution is 2.21. The van der Waals surface area contributed by atoms with E-state index in [2.05, 4.69) is 11.3 Å². The maximum Gasteiger partial charge on any atom is 0.245 e. The number of hydrogen-bond donors (Lipinski definition) is 2. The Hall–Kier alpha value is -1.05. The molecule has 1 aromatic carbocycles. The zero-order chi connectivity index (χ0) is 13.6. The SMILES string of the molecule is C=CCSCCNS(=O)(=O)c1c(N)cccc1F. The molecule has 0 aliphatic heterocycles. The Labute approximate surface area is 111 Å². The summed E-state index contributed by atoms with van der Waals surface area (Å²) in [4.78, 5) is -0.487. The molecule has 0 radical (unpaired) electrons. The average molecular weight is 290 g/mol. The van der Waals surface area contributed by atoms with Gasteiger partial charge in [-0.2, -0.15) is 11.8 Å². The number of benzene rings is 1. The molecule has 4 nitrogen and oxygen atoms in total. The summed E-state index contributed by atoms with van der Waals surface area (Å²) < 4.78 is 39.5. The fourth-order valence-corrected chi connectivity index (χ4v) is 3.22. The molecule has 1 aromatic rings. The van der Waals surface area contributed by atoms with Crippen LogP contribution in [0, 0.1) is 5.82 Å². The Balaban J connectivity index is 2.72. The molecule has 100 valence electrons. The van der Waals surface area contributed by atoms with Gasteiger partial charge in [-0.25, -0.2) is 17.5 Å². The lowest BCUT2D eigenvalue weighted by Crippen LogP contribution is -2.27. The Morgan fingerprint density at radius 3 is 2.83 bits per heavy atom. The van der Waals surface area contributed by atoms with Gasteiger partial charge in [-0.3, -0.25) is 0 Å². The van der Waals surface area contributed by atoms with Crippen molar-refractivity contribution in [3.63, 3.8) is 0 Å². The van der Waals surface area contributed by atoms with Gasteiger partial charge in [0.25, 0.3) is 0 Å². The molecule has 0 saturated carbocycles. The first kappa shape index (κ1) is 15.0. The lowest BCUT2D eigenvalue weighted by Gasteiger charge is -2.09. The fourth-order valence-electron chi connectivity index (χ4n) is 1.30. The van der Waals surface area contributed by atoms with Gasteiger partial charge in [0, 0.05) is 18.1 Å². The van der Waals surface area contributed by atoms with Gasteiger partial charge in [0.2, 0.25) is 10.0 Å². The van der Waals surface area contributed by atoms with Crippen molar-refractivity contribution in [1.82, 2.24) is 4.72 Å². The highest BCUT2D eigenvalue weighted by atomic mass is 32.2. The van der Waals surface area contributed by atoms with Gasteiger partial charge in [0.05, 0.1) is 5.69 Å². The number of thioether (sulfide) groups is 1. The molecule has 0 fully saturated rings. The first-order valence-corrected chi connectivity index (χ1v) is 7.85. The van der Waals surface area contributed by atoms with Crippen molar-refractivity contribution in [1.29, 1.82) is 0 Å². The van der Waals surface area contributed by atoms with Crippen LogP contribution in [-0.4, -0.2) is 26.5 Å². The second-order valence-corrected chi connectivity index (χ2v) is 6.27. The third-order valence-electron chi connectivity index (χ3n) is 2.04. The summed E-state index contributed by atoms with van der Waals surface area (Å²) in [6.07, 6.45) is 1.73. The van der Waals surface area contributed by atoms with Crippen LogP contribution in [0.1, 0.15) is 0 Å². The van der Waals surface area contributed by atoms with Gasteiger partial charge in [0.15, 0.2) is 0 Å². The maximum atomic E-state index is 13.5. The van der Waals surface area contributed by atoms with Gasteiger partial charge in [-0.15, -0.1) is 6.58 Å². The summed E-state index contributed by atoms with van der Waals surface area (Å²) in [5.41, 5.74) is 5.39. The standard InChI is InChI=1S/C11H15FN2O2S2/c1-2-7-17-8-6-14-18(15,16)11-9(12)4-3-5-10(11)13/h2-5,14H,1,6-8,13H2. The van der Waals surface area contributed by atoms with Crippen molar-refractivity contribution in [3.8, 4) is 0 Å². The Kier molecular flexibility index (Phi) is 5.64. The third kappa shape index (κ3) is 4.01. The lowest BCUT2D eigenvalue weighted by atomic mass is 10.3. The molecular formula is C11H15FN2O2S2. The van der Waals surface area contributed by atoms with Gasteiger partial charge >= 0.3 is 0 Å². The number of hydrogen-bond acceptors (Lipinski definition) is 4. The Morgan fingerprint density at radius 1 is 1.50 bits per heavy atom. The van der Waals surface area contributed by atoms with Gasteiger partial charge < -0.3 is 5.73 Å². The topological polar surface area (TPSA) is 72.2 Å². The predicted octanol–water partition coefficient (Wildman–Crippen LogP) is 1.61. The Bertz CT molecular complexity index is 498. The van der Waals surface area contributed by atoms with Crippen molar-refractivity contribution in [2.24, 2.45) is 0 Å². The fraction of sp³-hybridized carbons (Fsp3) is 0.273. The van der Waals surface area contributed by atoms with Crippen LogP contribution in [0.15, 0.2) is 35.7 Å². The highest BCUT2D eigenvalue weighted by Gasteiger charge is 2.21. The van der Waals surface area contributed by atoms with E-state index < -0.39 is 20.7 Å². The highest BCUT2D eigenvalue weighted by molar-refractivity contribution is 7.99. The van der Waals surface area contributed by atoms with Crippen LogP contribution < -0.4 is 10.5 Å². The summed E-state index contributed by atoms with van der Waals surface area (Å²) in [5.74, 6) is 0.477. The van der Waals surface area contributed by atoms with Gasteiger partial charge in [0.1, 0.15) is 10.7 Å². The zero-order valence-electron chi connectivity index (χ0n) is 9.73. The first-order valence-electron chi connectivity index (χ1n) is 5.21. The van der Waals surface area contributed by atoms with Crippen molar-refractivity contribution in [3.05, 3.63) is 36.7 Å². The molecule has 0 heterocycles. The van der Waals surface area contributed by atoms with Crippen molar-refractivity contribution in [2.75, 3.05) is 23.8 Å². The summed E-state index contributed by atoms with van der Waals surface area (Å²) in [5, 5.41) is 0. The normalized spacial score (nSPS) is 11.4. The monoisotopic (exact) mass is 290 g/mol. The summed E-state index contributed by atoms with van der Waals surface area (Å²) in [7, 11) is -3.90. The van der Waals surface area contributed by atoms with Crippen LogP contribution in [0.5, 0.6) is 0 Å². The van der Waals surface area contributed by atoms with Crippen molar-refractivity contribution < 1.29 is 12.8 Å². The molecule has 0 unspecified atom stereocenters. The number of nitrogen functional groups attached to an aromatic ring is 1. The average Bonchev–Trinajstić information content (AvgIpc) is 2.28. The number of nitrogens with one attached hydrogen (secondary N) is 1. The van der Waals surface area contributed by atoms with E-state index in [1.807, 2.05) is 0 Å². The molecule has 0 bridgehead atoms. The third-order valence-corrected chi connectivity index (χ3v) is 4.56. The minimum atomic E-state index is -3.90. The largest absolute Gasteiger partial charge is 0.398 e. The maximum absolute atomic E-state index is 13.5. The number of sulfonamides is 1. The van der Waals surface area contributed by atoms with Crippen LogP contribution in [0.4, 0.5) is 10.1 Å². The van der Waals surface area contributed by atoms with E-state index in [9.17, 15) is 12.8 Å². The van der Waals surface area contributed by atoms with Crippen LogP contribution in [0.3, 0.4) is 0 Å². The molecule has 7 heteroatoms. The van der Waals surface area contributed by atoms with Gasteiger partial charge in [-0.1, -0.05) is 12.1 Å². The van der Waals surface area contributed by atoms with E-state index in [4.69, 9.17) is 5.73 Å². The molecule has 0 aromatic heterocycles. The molecule has 0 atom stereocenters. The number of nitrogens with two attached hydrogens (primary N) is 1.